The summed E-state index contributed by atoms with van der Waals surface area (Å²) in [6.45, 7) is 8.40. The van der Waals surface area contributed by atoms with Crippen LogP contribution in [0.1, 0.15) is 62.6 Å². The van der Waals surface area contributed by atoms with Crippen molar-refractivity contribution in [1.29, 1.82) is 0 Å². The summed E-state index contributed by atoms with van der Waals surface area (Å²) in [6, 6.07) is 13.4. The molecule has 4 rings (SSSR count). The Hall–Kier alpha value is -3.98. The summed E-state index contributed by atoms with van der Waals surface area (Å²) in [7, 11) is 4.90. The van der Waals surface area contributed by atoms with Crippen molar-refractivity contribution >= 4 is 23.6 Å². The summed E-state index contributed by atoms with van der Waals surface area (Å²) < 4.78 is 18.4. The van der Waals surface area contributed by atoms with Crippen LogP contribution in [-0.4, -0.2) is 60.9 Å². The van der Waals surface area contributed by atoms with Gasteiger partial charge in [-0.2, -0.15) is 0 Å². The fourth-order valence-electron chi connectivity index (χ4n) is 5.72. The predicted molar refractivity (Wildman–Crippen MR) is 172 cm³/mol. The number of hydrogen-bond acceptors (Lipinski definition) is 6. The molecular formula is C34H42ClN3O6. The third-order valence-electron chi connectivity index (χ3n) is 7.91. The first-order valence-corrected chi connectivity index (χ1v) is 15.1. The second kappa shape index (κ2) is 13.8. The van der Waals surface area contributed by atoms with E-state index in [9.17, 15) is 14.4 Å². The summed E-state index contributed by atoms with van der Waals surface area (Å²) in [5.74, 6) is 0.878. The Balaban J connectivity index is 1.75. The molecule has 2 heterocycles. The van der Waals surface area contributed by atoms with Gasteiger partial charge in [0.25, 0.3) is 5.56 Å². The van der Waals surface area contributed by atoms with Crippen LogP contribution in [0.5, 0.6) is 11.5 Å². The topological polar surface area (TPSA) is 99.1 Å². The SMILES string of the molecule is COc1cc(CCNC(C)=O)c(-c2ccc([C@@H]3CN(C(=O)OC(C)(C)C)CC[C@H]3c3ccn(C)c(=O)c3)c(Cl)c2)cc1OC. The molecule has 0 unspecified atom stereocenters. The van der Waals surface area contributed by atoms with Gasteiger partial charge in [-0.1, -0.05) is 23.7 Å². The summed E-state index contributed by atoms with van der Waals surface area (Å²) in [4.78, 5) is 38.9. The smallest absolute Gasteiger partial charge is 0.410 e. The highest BCUT2D eigenvalue weighted by atomic mass is 35.5. The van der Waals surface area contributed by atoms with E-state index in [0.717, 1.165) is 27.8 Å². The van der Waals surface area contributed by atoms with Crippen LogP contribution in [0.4, 0.5) is 4.79 Å². The molecule has 0 saturated carbocycles. The number of likely N-dealkylation sites (tertiary alicyclic amines) is 1. The molecule has 1 saturated heterocycles. The van der Waals surface area contributed by atoms with Crippen LogP contribution in [0.15, 0.2) is 53.5 Å². The van der Waals surface area contributed by atoms with E-state index < -0.39 is 5.60 Å². The van der Waals surface area contributed by atoms with Crippen molar-refractivity contribution in [3.05, 3.63) is 80.7 Å². The lowest BCUT2D eigenvalue weighted by Gasteiger charge is -2.40. The quantitative estimate of drug-likeness (QED) is 0.335. The number of piperidine rings is 1. The van der Waals surface area contributed by atoms with Crippen molar-refractivity contribution in [2.75, 3.05) is 33.9 Å². The van der Waals surface area contributed by atoms with E-state index in [4.69, 9.17) is 25.8 Å². The Kier molecular flexibility index (Phi) is 10.3. The van der Waals surface area contributed by atoms with Gasteiger partial charge < -0.3 is 29.0 Å². The number of amides is 2. The molecule has 1 aliphatic heterocycles. The van der Waals surface area contributed by atoms with Gasteiger partial charge in [0.05, 0.1) is 14.2 Å². The zero-order valence-electron chi connectivity index (χ0n) is 26.5. The van der Waals surface area contributed by atoms with Gasteiger partial charge in [0.2, 0.25) is 5.91 Å². The number of ether oxygens (including phenoxy) is 3. The van der Waals surface area contributed by atoms with Crippen molar-refractivity contribution in [3.63, 3.8) is 0 Å². The Morgan fingerprint density at radius 3 is 2.34 bits per heavy atom. The molecule has 44 heavy (non-hydrogen) atoms. The van der Waals surface area contributed by atoms with Gasteiger partial charge in [-0.05, 0) is 91.6 Å². The fourth-order valence-corrected chi connectivity index (χ4v) is 6.04. The Bertz CT molecular complexity index is 1580. The third-order valence-corrected chi connectivity index (χ3v) is 8.24. The highest BCUT2D eigenvalue weighted by Crippen LogP contribution is 2.44. The third kappa shape index (κ3) is 7.75. The molecule has 1 fully saturated rings. The molecule has 0 aliphatic carbocycles. The molecule has 2 amide bonds. The molecule has 0 bridgehead atoms. The maximum Gasteiger partial charge on any atom is 0.410 e. The van der Waals surface area contributed by atoms with Gasteiger partial charge in [0.1, 0.15) is 5.60 Å². The number of benzene rings is 2. The molecule has 3 aromatic rings. The zero-order chi connectivity index (χ0) is 32.2. The fraction of sp³-hybridized carbons (Fsp3) is 0.441. The van der Waals surface area contributed by atoms with Gasteiger partial charge in [-0.15, -0.1) is 0 Å². The molecule has 2 aromatic carbocycles. The molecule has 0 radical (unpaired) electrons. The van der Waals surface area contributed by atoms with E-state index in [1.54, 1.807) is 43.0 Å². The van der Waals surface area contributed by atoms with Crippen molar-refractivity contribution in [2.24, 2.45) is 7.05 Å². The lowest BCUT2D eigenvalue weighted by Crippen LogP contribution is -2.44. The molecule has 1 N–H and O–H groups in total. The number of carbonyl (C=O) groups is 2. The Morgan fingerprint density at radius 2 is 1.73 bits per heavy atom. The van der Waals surface area contributed by atoms with Crippen LogP contribution in [0.2, 0.25) is 5.02 Å². The number of pyridine rings is 1. The number of rotatable bonds is 8. The summed E-state index contributed by atoms with van der Waals surface area (Å²) in [6.07, 6.45) is 2.64. The van der Waals surface area contributed by atoms with Crippen LogP contribution in [0.3, 0.4) is 0 Å². The summed E-state index contributed by atoms with van der Waals surface area (Å²) in [5, 5.41) is 3.40. The Labute approximate surface area is 264 Å². The lowest BCUT2D eigenvalue weighted by atomic mass is 9.76. The van der Waals surface area contributed by atoms with Gasteiger partial charge in [0.15, 0.2) is 11.5 Å². The minimum Gasteiger partial charge on any atom is -0.493 e. The van der Waals surface area contributed by atoms with Gasteiger partial charge >= 0.3 is 6.09 Å². The highest BCUT2D eigenvalue weighted by molar-refractivity contribution is 6.31. The number of halogens is 1. The number of aromatic nitrogens is 1. The Morgan fingerprint density at radius 1 is 1.02 bits per heavy atom. The average Bonchev–Trinajstić information content (AvgIpc) is 2.97. The first kappa shape index (κ1) is 32.9. The average molecular weight is 624 g/mol. The number of hydrogen-bond donors (Lipinski definition) is 1. The number of nitrogens with zero attached hydrogens (tertiary/aromatic N) is 2. The van der Waals surface area contributed by atoms with Crippen LogP contribution in [0, 0.1) is 0 Å². The normalized spacial score (nSPS) is 16.8. The maximum absolute atomic E-state index is 13.1. The number of nitrogens with one attached hydrogen (secondary N) is 1. The number of methoxy groups -OCH3 is 2. The molecule has 2 atom stereocenters. The van der Waals surface area contributed by atoms with E-state index in [1.807, 2.05) is 57.2 Å². The molecular weight excluding hydrogens is 582 g/mol. The molecule has 10 heteroatoms. The molecule has 236 valence electrons. The second-order valence-electron chi connectivity index (χ2n) is 12.2. The van der Waals surface area contributed by atoms with E-state index in [0.29, 0.717) is 49.0 Å². The summed E-state index contributed by atoms with van der Waals surface area (Å²) >= 11 is 7.07. The molecule has 9 nitrogen and oxygen atoms in total. The zero-order valence-corrected chi connectivity index (χ0v) is 27.3. The van der Waals surface area contributed by atoms with Crippen LogP contribution >= 0.6 is 11.6 Å². The lowest BCUT2D eigenvalue weighted by molar-refractivity contribution is -0.118. The molecule has 1 aliphatic rings. The number of aryl methyl sites for hydroxylation is 1. The highest BCUT2D eigenvalue weighted by Gasteiger charge is 2.36. The van der Waals surface area contributed by atoms with Gasteiger partial charge in [0, 0.05) is 56.8 Å². The van der Waals surface area contributed by atoms with Crippen LogP contribution in [-0.2, 0) is 23.0 Å². The van der Waals surface area contributed by atoms with Gasteiger partial charge in [-0.25, -0.2) is 4.79 Å². The monoisotopic (exact) mass is 623 g/mol. The second-order valence-corrected chi connectivity index (χ2v) is 12.6. The van der Waals surface area contributed by atoms with Crippen molar-refractivity contribution in [3.8, 4) is 22.6 Å². The van der Waals surface area contributed by atoms with Crippen molar-refractivity contribution in [2.45, 2.75) is 58.0 Å². The number of carbonyl (C=O) groups excluding carboxylic acids is 2. The van der Waals surface area contributed by atoms with Crippen molar-refractivity contribution < 1.29 is 23.8 Å². The summed E-state index contributed by atoms with van der Waals surface area (Å²) in [5.41, 5.74) is 3.85. The van der Waals surface area contributed by atoms with Crippen LogP contribution in [0.25, 0.3) is 11.1 Å². The standard InChI is InChI=1S/C34H42ClN3O6/c1-21(39)36-13-10-23-17-30(42-6)31(43-7)19-27(23)22-8-9-26(29(35)16-22)28-20-38(33(41)44-34(2,3)4)15-12-25(28)24-11-14-37(5)32(40)18-24/h8-9,11,14,16-19,25,28H,10,12-13,15,20H2,1-7H3,(H,36,39)/t25-,28+/m0/s1. The van der Waals surface area contributed by atoms with Crippen molar-refractivity contribution in [1.82, 2.24) is 14.8 Å². The van der Waals surface area contributed by atoms with Crippen LogP contribution < -0.4 is 20.3 Å². The largest absolute Gasteiger partial charge is 0.493 e. The first-order valence-electron chi connectivity index (χ1n) is 14.7. The molecule has 1 aromatic heterocycles. The first-order chi connectivity index (χ1) is 20.8. The predicted octanol–water partition coefficient (Wildman–Crippen LogP) is 5.91. The molecule has 0 spiro atoms. The van der Waals surface area contributed by atoms with Gasteiger partial charge in [-0.3, -0.25) is 9.59 Å². The van der Waals surface area contributed by atoms with E-state index >= 15 is 0 Å². The van der Waals surface area contributed by atoms with E-state index in [2.05, 4.69) is 5.32 Å². The minimum absolute atomic E-state index is 0.0276. The minimum atomic E-state index is -0.620. The van der Waals surface area contributed by atoms with E-state index in [1.165, 1.54) is 6.92 Å². The maximum atomic E-state index is 13.1. The van der Waals surface area contributed by atoms with E-state index in [-0.39, 0.29) is 29.4 Å².